The summed E-state index contributed by atoms with van der Waals surface area (Å²) in [6.45, 7) is 0. The number of benzene rings is 3. The van der Waals surface area contributed by atoms with Gasteiger partial charge in [-0.15, -0.1) is 0 Å². The van der Waals surface area contributed by atoms with Gasteiger partial charge in [-0.3, -0.25) is 0 Å². The molecule has 218 valence electrons. The number of hydrogen-bond donors (Lipinski definition) is 0. The van der Waals surface area contributed by atoms with Crippen molar-refractivity contribution in [3.8, 4) is 0 Å². The Morgan fingerprint density at radius 2 is 1.59 bits per heavy atom. The summed E-state index contributed by atoms with van der Waals surface area (Å²) >= 11 is 0. The minimum Gasteiger partial charge on any atom is -0.361 e. The summed E-state index contributed by atoms with van der Waals surface area (Å²) in [7, 11) is 0. The first-order valence-electron chi connectivity index (χ1n) is 16.8. The van der Waals surface area contributed by atoms with Crippen LogP contribution in [0.4, 0.5) is 17.1 Å². The lowest BCUT2D eigenvalue weighted by Gasteiger charge is -2.35. The molecule has 0 radical (unpaired) electrons. The molecule has 44 heavy (non-hydrogen) atoms. The van der Waals surface area contributed by atoms with Gasteiger partial charge in [0.15, 0.2) is 0 Å². The fraction of sp³-hybridized carbons (Fsp3) is 0.286. The SMILES string of the molecule is C1=CC(c2cccc(N3C4C=CC(C5=CC=C6C(C5)c5ccccc5N6c5ccccc5)=CC4C4CCCCC43)c2)=CCC1. The van der Waals surface area contributed by atoms with E-state index < -0.39 is 0 Å². The van der Waals surface area contributed by atoms with E-state index in [0.717, 1.165) is 25.2 Å². The third-order valence-corrected chi connectivity index (χ3v) is 11.1. The van der Waals surface area contributed by atoms with Gasteiger partial charge in [-0.1, -0.05) is 104 Å². The normalized spacial score (nSPS) is 28.3. The molecule has 0 amide bonds. The zero-order chi connectivity index (χ0) is 29.0. The Balaban J connectivity index is 1.05. The van der Waals surface area contributed by atoms with Gasteiger partial charge in [0, 0.05) is 40.6 Å². The molecule has 1 saturated carbocycles. The van der Waals surface area contributed by atoms with Crippen molar-refractivity contribution in [2.24, 2.45) is 11.8 Å². The van der Waals surface area contributed by atoms with Crippen molar-refractivity contribution < 1.29 is 0 Å². The smallest absolute Gasteiger partial charge is 0.0546 e. The van der Waals surface area contributed by atoms with Crippen LogP contribution in [0.3, 0.4) is 0 Å². The van der Waals surface area contributed by atoms with Crippen molar-refractivity contribution in [1.29, 1.82) is 0 Å². The summed E-state index contributed by atoms with van der Waals surface area (Å²) in [5.41, 5.74) is 12.5. The van der Waals surface area contributed by atoms with E-state index in [2.05, 4.69) is 137 Å². The summed E-state index contributed by atoms with van der Waals surface area (Å²) < 4.78 is 0. The zero-order valence-corrected chi connectivity index (χ0v) is 25.4. The van der Waals surface area contributed by atoms with Gasteiger partial charge in [-0.05, 0) is 102 Å². The standard InChI is InChI=1S/C42H40N2/c1-3-12-29(13-4-1)30-14-11-17-34(26-30)44-40-21-10-8-19-36(40)38-28-32(23-25-42(38)44)31-22-24-41-37(27-31)35-18-7-9-20-39(35)43(41)33-15-5-2-6-16-33/h2-3,5-7,9,11-18,20,22-26,28,36-38,40,42H,1,4,8,10,19,21,27H2. The molecule has 2 heteroatoms. The van der Waals surface area contributed by atoms with Gasteiger partial charge in [0.05, 0.1) is 6.04 Å². The molecule has 2 aliphatic heterocycles. The molecule has 3 aromatic rings. The maximum absolute atomic E-state index is 2.81. The summed E-state index contributed by atoms with van der Waals surface area (Å²) in [4.78, 5) is 5.29. The molecule has 3 aromatic carbocycles. The van der Waals surface area contributed by atoms with Gasteiger partial charge < -0.3 is 9.80 Å². The molecule has 4 aliphatic carbocycles. The highest BCUT2D eigenvalue weighted by Gasteiger charge is 2.48. The minimum absolute atomic E-state index is 0.395. The molecule has 0 aromatic heterocycles. The predicted octanol–water partition coefficient (Wildman–Crippen LogP) is 10.4. The van der Waals surface area contributed by atoms with E-state index in [1.807, 2.05) is 0 Å². The number of para-hydroxylation sites is 2. The Morgan fingerprint density at radius 1 is 0.727 bits per heavy atom. The Morgan fingerprint density at radius 3 is 2.50 bits per heavy atom. The molecular weight excluding hydrogens is 532 g/mol. The Bertz CT molecular complexity index is 1780. The van der Waals surface area contributed by atoms with E-state index >= 15 is 0 Å². The summed E-state index contributed by atoms with van der Waals surface area (Å²) in [5, 5.41) is 0. The average molecular weight is 573 g/mol. The molecule has 1 saturated heterocycles. The second-order valence-corrected chi connectivity index (χ2v) is 13.4. The van der Waals surface area contributed by atoms with Crippen LogP contribution in [0.5, 0.6) is 0 Å². The molecule has 0 N–H and O–H groups in total. The van der Waals surface area contributed by atoms with E-state index in [9.17, 15) is 0 Å². The van der Waals surface area contributed by atoms with E-state index in [-0.39, 0.29) is 0 Å². The lowest BCUT2D eigenvalue weighted by atomic mass is 9.75. The van der Waals surface area contributed by atoms with E-state index in [0.29, 0.717) is 23.9 Å². The minimum atomic E-state index is 0.395. The predicted molar refractivity (Wildman–Crippen MR) is 184 cm³/mol. The highest BCUT2D eigenvalue weighted by Crippen LogP contribution is 2.54. The van der Waals surface area contributed by atoms with Crippen LogP contribution >= 0.6 is 0 Å². The molecule has 5 atom stereocenters. The van der Waals surface area contributed by atoms with Gasteiger partial charge in [0.1, 0.15) is 0 Å². The molecule has 5 unspecified atom stereocenters. The molecule has 2 heterocycles. The highest BCUT2D eigenvalue weighted by atomic mass is 15.2. The van der Waals surface area contributed by atoms with Crippen LogP contribution in [0.25, 0.3) is 5.57 Å². The van der Waals surface area contributed by atoms with E-state index in [1.165, 1.54) is 76.3 Å². The van der Waals surface area contributed by atoms with Crippen LogP contribution < -0.4 is 9.80 Å². The Hall–Kier alpha value is -4.30. The van der Waals surface area contributed by atoms with Gasteiger partial charge in [-0.2, -0.15) is 0 Å². The van der Waals surface area contributed by atoms with Gasteiger partial charge in [-0.25, -0.2) is 0 Å². The number of nitrogens with zero attached hydrogens (tertiary/aromatic N) is 2. The zero-order valence-electron chi connectivity index (χ0n) is 25.4. The fourth-order valence-electron chi connectivity index (χ4n) is 9.15. The molecule has 2 fully saturated rings. The summed E-state index contributed by atoms with van der Waals surface area (Å²) in [6, 6.07) is 30.4. The van der Waals surface area contributed by atoms with Crippen molar-refractivity contribution in [1.82, 2.24) is 0 Å². The molecule has 6 aliphatic rings. The second kappa shape index (κ2) is 10.7. The number of hydrogen-bond acceptors (Lipinski definition) is 2. The second-order valence-electron chi connectivity index (χ2n) is 13.4. The van der Waals surface area contributed by atoms with E-state index in [4.69, 9.17) is 0 Å². The van der Waals surface area contributed by atoms with Crippen LogP contribution in [-0.2, 0) is 0 Å². The lowest BCUT2D eigenvalue weighted by Crippen LogP contribution is -2.38. The van der Waals surface area contributed by atoms with Crippen molar-refractivity contribution >= 4 is 22.6 Å². The van der Waals surface area contributed by atoms with Crippen molar-refractivity contribution in [3.63, 3.8) is 0 Å². The van der Waals surface area contributed by atoms with Crippen molar-refractivity contribution in [3.05, 3.63) is 155 Å². The van der Waals surface area contributed by atoms with Crippen molar-refractivity contribution in [2.75, 3.05) is 9.80 Å². The summed E-state index contributed by atoms with van der Waals surface area (Å²) in [5.74, 6) is 1.69. The highest BCUT2D eigenvalue weighted by molar-refractivity contribution is 5.80. The molecular formula is C42H40N2. The van der Waals surface area contributed by atoms with Crippen LogP contribution in [0.15, 0.2) is 144 Å². The largest absolute Gasteiger partial charge is 0.361 e. The van der Waals surface area contributed by atoms with Gasteiger partial charge in [0.25, 0.3) is 0 Å². The van der Waals surface area contributed by atoms with E-state index in [1.54, 1.807) is 0 Å². The number of rotatable bonds is 4. The number of anilines is 3. The van der Waals surface area contributed by atoms with Crippen molar-refractivity contribution in [2.45, 2.75) is 62.9 Å². The molecule has 0 spiro atoms. The maximum Gasteiger partial charge on any atom is 0.0546 e. The number of fused-ring (bicyclic) bond motifs is 6. The molecule has 9 rings (SSSR count). The van der Waals surface area contributed by atoms with Crippen LogP contribution in [-0.4, -0.2) is 12.1 Å². The monoisotopic (exact) mass is 572 g/mol. The number of allylic oxidation sites excluding steroid dienone is 10. The van der Waals surface area contributed by atoms with Gasteiger partial charge >= 0.3 is 0 Å². The summed E-state index contributed by atoms with van der Waals surface area (Å²) in [6.07, 6.45) is 28.3. The van der Waals surface area contributed by atoms with Crippen LogP contribution in [0, 0.1) is 11.8 Å². The van der Waals surface area contributed by atoms with Crippen LogP contribution in [0.1, 0.15) is 62.0 Å². The third-order valence-electron chi connectivity index (χ3n) is 11.1. The topological polar surface area (TPSA) is 6.48 Å². The Labute approximate surface area is 262 Å². The van der Waals surface area contributed by atoms with Gasteiger partial charge in [0.2, 0.25) is 0 Å². The third kappa shape index (κ3) is 4.22. The molecule has 0 bridgehead atoms. The fourth-order valence-corrected chi connectivity index (χ4v) is 9.15. The quantitative estimate of drug-likeness (QED) is 0.307. The first-order valence-corrected chi connectivity index (χ1v) is 16.8. The first-order chi connectivity index (χ1) is 21.8. The Kier molecular flexibility index (Phi) is 6.35. The van der Waals surface area contributed by atoms with Crippen LogP contribution in [0.2, 0.25) is 0 Å². The lowest BCUT2D eigenvalue weighted by molar-refractivity contribution is 0.305. The average Bonchev–Trinajstić information content (AvgIpc) is 3.61. The first kappa shape index (κ1) is 26.1. The molecule has 2 nitrogen and oxygen atoms in total. The maximum atomic E-state index is 2.81.